The largest absolute Gasteiger partial charge is 0.408 e. The zero-order chi connectivity index (χ0) is 23.7. The number of amides is 1. The molecule has 2 heterocycles. The fraction of sp³-hybridized carbons (Fsp3) is 0.304. The molecule has 1 aliphatic rings. The molecule has 0 aliphatic carbocycles. The van der Waals surface area contributed by atoms with E-state index in [1.165, 1.54) is 35.5 Å². The summed E-state index contributed by atoms with van der Waals surface area (Å²) >= 11 is 0. The Morgan fingerprint density at radius 2 is 1.88 bits per heavy atom. The van der Waals surface area contributed by atoms with Crippen LogP contribution in [0, 0.1) is 11.6 Å². The van der Waals surface area contributed by atoms with Crippen molar-refractivity contribution in [3.05, 3.63) is 59.6 Å². The van der Waals surface area contributed by atoms with Crippen LogP contribution in [0.5, 0.6) is 0 Å². The lowest BCUT2D eigenvalue weighted by molar-refractivity contribution is 0.0827. The van der Waals surface area contributed by atoms with Gasteiger partial charge in [0.2, 0.25) is 5.96 Å². The number of hydrogen-bond acceptors (Lipinski definition) is 5. The Bertz CT molecular complexity index is 1240. The Morgan fingerprint density at radius 3 is 2.52 bits per heavy atom. The molecule has 1 aromatic heterocycles. The third kappa shape index (κ3) is 4.28. The van der Waals surface area contributed by atoms with Crippen molar-refractivity contribution in [2.45, 2.75) is 18.8 Å². The van der Waals surface area contributed by atoms with Gasteiger partial charge in [0.1, 0.15) is 18.0 Å². The summed E-state index contributed by atoms with van der Waals surface area (Å²) in [5.74, 6) is -1.43. The molecule has 0 saturated carbocycles. The van der Waals surface area contributed by atoms with Crippen LogP contribution in [-0.4, -0.2) is 64.0 Å². The van der Waals surface area contributed by atoms with E-state index < -0.39 is 11.6 Å². The van der Waals surface area contributed by atoms with Crippen molar-refractivity contribution < 1.29 is 18.8 Å². The third-order valence-electron chi connectivity index (χ3n) is 5.95. The lowest BCUT2D eigenvalue weighted by atomic mass is 9.89. The highest BCUT2D eigenvalue weighted by molar-refractivity contribution is 5.97. The second-order valence-electron chi connectivity index (χ2n) is 8.22. The number of halogens is 2. The summed E-state index contributed by atoms with van der Waals surface area (Å²) < 4.78 is 29.7. The maximum Gasteiger partial charge on any atom is 0.253 e. The molecule has 0 bridgehead atoms. The van der Waals surface area contributed by atoms with E-state index in [1.807, 2.05) is 0 Å². The minimum Gasteiger partial charge on any atom is -0.408 e. The van der Waals surface area contributed by atoms with Crippen molar-refractivity contribution in [3.63, 3.8) is 0 Å². The number of likely N-dealkylation sites (tertiary alicyclic amines) is 1. The van der Waals surface area contributed by atoms with Crippen molar-refractivity contribution in [2.75, 3.05) is 27.2 Å². The lowest BCUT2D eigenvalue weighted by Gasteiger charge is -2.32. The molecule has 33 heavy (non-hydrogen) atoms. The van der Waals surface area contributed by atoms with E-state index in [-0.39, 0.29) is 28.9 Å². The molecule has 0 radical (unpaired) electrons. The van der Waals surface area contributed by atoms with Crippen LogP contribution >= 0.6 is 0 Å². The van der Waals surface area contributed by atoms with Crippen molar-refractivity contribution in [2.24, 2.45) is 10.9 Å². The summed E-state index contributed by atoms with van der Waals surface area (Å²) in [4.78, 5) is 24.0. The van der Waals surface area contributed by atoms with Gasteiger partial charge in [-0.15, -0.1) is 0 Å². The van der Waals surface area contributed by atoms with Gasteiger partial charge in [-0.3, -0.25) is 4.79 Å². The van der Waals surface area contributed by atoms with Crippen molar-refractivity contribution in [3.8, 4) is 11.1 Å². The molecular formula is C23H24F2N6O2. The van der Waals surface area contributed by atoms with Gasteiger partial charge in [0.25, 0.3) is 5.91 Å². The van der Waals surface area contributed by atoms with Gasteiger partial charge in [0.15, 0.2) is 0 Å². The number of piperidine rings is 1. The molecule has 0 unspecified atom stereocenters. The van der Waals surface area contributed by atoms with Crippen molar-refractivity contribution >= 4 is 22.8 Å². The maximum atomic E-state index is 15.0. The molecular weight excluding hydrogens is 430 g/mol. The Balaban J connectivity index is 1.75. The molecule has 172 valence electrons. The molecule has 1 aliphatic heterocycles. The maximum absolute atomic E-state index is 15.0. The zero-order valence-corrected chi connectivity index (χ0v) is 18.3. The van der Waals surface area contributed by atoms with Gasteiger partial charge in [-0.25, -0.2) is 18.7 Å². The molecule has 1 saturated heterocycles. The number of rotatable bonds is 3. The highest BCUT2D eigenvalue weighted by atomic mass is 19.1. The van der Waals surface area contributed by atoms with Crippen LogP contribution < -0.4 is 5.73 Å². The van der Waals surface area contributed by atoms with E-state index in [4.69, 9.17) is 10.9 Å². The number of nitrogens with two attached hydrogens (primary N) is 1. The number of aromatic nitrogens is 2. The van der Waals surface area contributed by atoms with Gasteiger partial charge < -0.3 is 20.7 Å². The van der Waals surface area contributed by atoms with Gasteiger partial charge in [-0.2, -0.15) is 0 Å². The van der Waals surface area contributed by atoms with Crippen LogP contribution in [0.1, 0.15) is 34.8 Å². The smallest absolute Gasteiger partial charge is 0.253 e. The van der Waals surface area contributed by atoms with E-state index in [2.05, 4.69) is 15.1 Å². The Morgan fingerprint density at radius 1 is 1.15 bits per heavy atom. The minimum absolute atomic E-state index is 0.0119. The standard InChI is InChI=1S/C23H24F2N6O2/c1-30(2)22(32)14-3-4-16(19(25)9-14)17-10-15(24)11-18-20(27-12-28-21(17)18)13-5-7-31(8-6-13)23(26)29-33/h3-4,9-13,33H,5-8H2,1-2H3,(H2,26,29). The predicted octanol–water partition coefficient (Wildman–Crippen LogP) is 3.16. The molecule has 3 N–H and O–H groups in total. The summed E-state index contributed by atoms with van der Waals surface area (Å²) in [6.45, 7) is 1.12. The van der Waals surface area contributed by atoms with Crippen LogP contribution in [0.3, 0.4) is 0 Å². The molecule has 2 aromatic carbocycles. The second-order valence-corrected chi connectivity index (χ2v) is 8.22. The number of fused-ring (bicyclic) bond motifs is 1. The van der Waals surface area contributed by atoms with Gasteiger partial charge in [0.05, 0.1) is 11.2 Å². The summed E-state index contributed by atoms with van der Waals surface area (Å²) in [6, 6.07) is 6.75. The highest BCUT2D eigenvalue weighted by Gasteiger charge is 2.26. The summed E-state index contributed by atoms with van der Waals surface area (Å²) in [5.41, 5.74) is 7.45. The number of carbonyl (C=O) groups is 1. The number of guanidine groups is 1. The molecule has 0 spiro atoms. The highest BCUT2D eigenvalue weighted by Crippen LogP contribution is 2.36. The van der Waals surface area contributed by atoms with E-state index in [0.29, 0.717) is 48.1 Å². The second kappa shape index (κ2) is 8.97. The molecule has 8 nitrogen and oxygen atoms in total. The number of carbonyl (C=O) groups excluding carboxylic acids is 1. The fourth-order valence-corrected chi connectivity index (χ4v) is 4.25. The fourth-order valence-electron chi connectivity index (χ4n) is 4.25. The monoisotopic (exact) mass is 454 g/mol. The van der Waals surface area contributed by atoms with E-state index in [9.17, 15) is 9.18 Å². The van der Waals surface area contributed by atoms with Crippen molar-refractivity contribution in [1.29, 1.82) is 0 Å². The van der Waals surface area contributed by atoms with Gasteiger partial charge >= 0.3 is 0 Å². The Labute approximate surface area is 189 Å². The van der Waals surface area contributed by atoms with Gasteiger partial charge in [-0.1, -0.05) is 11.2 Å². The molecule has 3 aromatic rings. The average Bonchev–Trinajstić information content (AvgIpc) is 2.82. The van der Waals surface area contributed by atoms with E-state index >= 15 is 4.39 Å². The average molecular weight is 454 g/mol. The number of nitrogens with zero attached hydrogens (tertiary/aromatic N) is 5. The lowest BCUT2D eigenvalue weighted by Crippen LogP contribution is -2.42. The normalized spacial score (nSPS) is 15.2. The molecule has 10 heteroatoms. The van der Waals surface area contributed by atoms with E-state index in [1.54, 1.807) is 19.0 Å². The quantitative estimate of drug-likeness (QED) is 0.272. The summed E-state index contributed by atoms with van der Waals surface area (Å²) in [6.07, 6.45) is 2.74. The number of hydrogen-bond donors (Lipinski definition) is 2. The number of benzene rings is 2. The molecule has 1 amide bonds. The Hall–Kier alpha value is -3.82. The predicted molar refractivity (Wildman–Crippen MR) is 120 cm³/mol. The third-order valence-corrected chi connectivity index (χ3v) is 5.95. The first-order valence-corrected chi connectivity index (χ1v) is 10.5. The SMILES string of the molecule is CN(C)C(=O)c1ccc(-c2cc(F)cc3c(C4CCN(/C(N)=N/O)CC4)ncnc23)c(F)c1. The first kappa shape index (κ1) is 22.4. The molecule has 1 fully saturated rings. The van der Waals surface area contributed by atoms with Crippen LogP contribution in [0.4, 0.5) is 8.78 Å². The van der Waals surface area contributed by atoms with Crippen molar-refractivity contribution in [1.82, 2.24) is 19.8 Å². The zero-order valence-electron chi connectivity index (χ0n) is 18.3. The first-order chi connectivity index (χ1) is 15.8. The van der Waals surface area contributed by atoms with E-state index in [0.717, 1.165) is 6.07 Å². The van der Waals surface area contributed by atoms with Crippen LogP contribution in [0.2, 0.25) is 0 Å². The van der Waals surface area contributed by atoms with Gasteiger partial charge in [0, 0.05) is 55.2 Å². The Kier molecular flexibility index (Phi) is 6.08. The van der Waals surface area contributed by atoms with Crippen LogP contribution in [0.15, 0.2) is 41.8 Å². The van der Waals surface area contributed by atoms with Gasteiger partial charge in [-0.05, 0) is 37.1 Å². The summed E-state index contributed by atoms with van der Waals surface area (Å²) in [5, 5.41) is 12.4. The molecule has 4 rings (SSSR count). The van der Waals surface area contributed by atoms with Crippen LogP contribution in [0.25, 0.3) is 22.0 Å². The number of oxime groups is 1. The van der Waals surface area contributed by atoms with Crippen LogP contribution in [-0.2, 0) is 0 Å². The molecule has 0 atom stereocenters. The first-order valence-electron chi connectivity index (χ1n) is 10.5. The minimum atomic E-state index is -0.637. The summed E-state index contributed by atoms with van der Waals surface area (Å²) in [7, 11) is 3.17. The topological polar surface area (TPSA) is 108 Å².